The quantitative estimate of drug-likeness (QED) is 0.775. The molecule has 0 aliphatic carbocycles. The SMILES string of the molecule is CCOC(=O)c1ccc(F)cc1N(CC)S(C)(=O)=O. The van der Waals surface area contributed by atoms with Crippen LogP contribution in [-0.4, -0.2) is 33.8 Å². The lowest BCUT2D eigenvalue weighted by Crippen LogP contribution is -2.31. The van der Waals surface area contributed by atoms with Gasteiger partial charge in [-0.25, -0.2) is 17.6 Å². The van der Waals surface area contributed by atoms with Crippen LogP contribution in [0, 0.1) is 5.82 Å². The monoisotopic (exact) mass is 289 g/mol. The highest BCUT2D eigenvalue weighted by Crippen LogP contribution is 2.25. The summed E-state index contributed by atoms with van der Waals surface area (Å²) in [6.45, 7) is 3.48. The van der Waals surface area contributed by atoms with Gasteiger partial charge in [-0.15, -0.1) is 0 Å². The molecule has 1 aromatic carbocycles. The second-order valence-corrected chi connectivity index (χ2v) is 5.72. The van der Waals surface area contributed by atoms with Gasteiger partial charge in [0.2, 0.25) is 10.0 Å². The van der Waals surface area contributed by atoms with Crippen molar-refractivity contribution < 1.29 is 22.3 Å². The van der Waals surface area contributed by atoms with Gasteiger partial charge in [-0.2, -0.15) is 0 Å². The van der Waals surface area contributed by atoms with E-state index in [1.807, 2.05) is 0 Å². The Morgan fingerprint density at radius 2 is 2.00 bits per heavy atom. The van der Waals surface area contributed by atoms with Crippen LogP contribution in [0.15, 0.2) is 18.2 Å². The largest absolute Gasteiger partial charge is 0.462 e. The van der Waals surface area contributed by atoms with E-state index in [0.29, 0.717) is 0 Å². The van der Waals surface area contributed by atoms with E-state index in [0.717, 1.165) is 22.7 Å². The standard InChI is InChI=1S/C12H16FNO4S/c1-4-14(19(3,16)17)11-8-9(13)6-7-10(11)12(15)18-5-2/h6-8H,4-5H2,1-3H3. The van der Waals surface area contributed by atoms with E-state index >= 15 is 0 Å². The van der Waals surface area contributed by atoms with Crippen molar-refractivity contribution in [2.24, 2.45) is 0 Å². The third-order valence-electron chi connectivity index (χ3n) is 2.41. The first-order valence-corrected chi connectivity index (χ1v) is 7.60. The van der Waals surface area contributed by atoms with Crippen molar-refractivity contribution in [3.8, 4) is 0 Å². The summed E-state index contributed by atoms with van der Waals surface area (Å²) in [5.41, 5.74) is 0.0129. The summed E-state index contributed by atoms with van der Waals surface area (Å²) in [4.78, 5) is 11.8. The molecule has 0 aliphatic rings. The molecule has 1 rings (SSSR count). The molecular weight excluding hydrogens is 273 g/mol. The van der Waals surface area contributed by atoms with Crippen molar-refractivity contribution in [2.45, 2.75) is 13.8 Å². The van der Waals surface area contributed by atoms with Crippen LogP contribution >= 0.6 is 0 Å². The summed E-state index contributed by atoms with van der Waals surface area (Å²) in [7, 11) is -3.60. The molecule has 0 radical (unpaired) electrons. The Morgan fingerprint density at radius 3 is 2.47 bits per heavy atom. The minimum absolute atomic E-state index is 0.0107. The Balaban J connectivity index is 3.39. The minimum Gasteiger partial charge on any atom is -0.462 e. The summed E-state index contributed by atoms with van der Waals surface area (Å²) in [5.74, 6) is -1.30. The van der Waals surface area contributed by atoms with E-state index in [4.69, 9.17) is 4.74 Å². The number of esters is 1. The number of carbonyl (C=O) groups is 1. The van der Waals surface area contributed by atoms with Crippen LogP contribution in [0.4, 0.5) is 10.1 Å². The van der Waals surface area contributed by atoms with Crippen LogP contribution in [0.2, 0.25) is 0 Å². The molecule has 0 fully saturated rings. The average Bonchev–Trinajstić information content (AvgIpc) is 2.28. The topological polar surface area (TPSA) is 63.7 Å². The third kappa shape index (κ3) is 3.66. The van der Waals surface area contributed by atoms with Gasteiger partial charge in [0.25, 0.3) is 0 Å². The fourth-order valence-corrected chi connectivity index (χ4v) is 2.65. The molecule has 0 aromatic heterocycles. The van der Waals surface area contributed by atoms with E-state index in [1.165, 1.54) is 6.07 Å². The van der Waals surface area contributed by atoms with Crippen LogP contribution in [0.25, 0.3) is 0 Å². The molecule has 7 heteroatoms. The Bertz CT molecular complexity index is 571. The second kappa shape index (κ2) is 6.01. The molecule has 0 saturated heterocycles. The maximum atomic E-state index is 13.3. The minimum atomic E-state index is -3.60. The first-order chi connectivity index (χ1) is 8.81. The number of hydrogen-bond donors (Lipinski definition) is 0. The number of carbonyl (C=O) groups excluding carboxylic acids is 1. The van der Waals surface area contributed by atoms with Gasteiger partial charge in [0.05, 0.1) is 24.1 Å². The number of benzene rings is 1. The predicted molar refractivity (Wildman–Crippen MR) is 70.2 cm³/mol. The molecule has 0 aliphatic heterocycles. The molecule has 19 heavy (non-hydrogen) atoms. The number of ether oxygens (including phenoxy) is 1. The molecule has 0 amide bonds. The number of anilines is 1. The molecule has 1 aromatic rings. The lowest BCUT2D eigenvalue weighted by Gasteiger charge is -2.22. The number of sulfonamides is 1. The Labute approximate surface area is 112 Å². The predicted octanol–water partition coefficient (Wildman–Crippen LogP) is 1.79. The van der Waals surface area contributed by atoms with E-state index < -0.39 is 21.8 Å². The fourth-order valence-electron chi connectivity index (χ4n) is 1.68. The van der Waals surface area contributed by atoms with Crippen molar-refractivity contribution in [1.29, 1.82) is 0 Å². The summed E-state index contributed by atoms with van der Waals surface area (Å²) in [6, 6.07) is 3.32. The van der Waals surface area contributed by atoms with E-state index in [1.54, 1.807) is 13.8 Å². The van der Waals surface area contributed by atoms with Crippen LogP contribution in [-0.2, 0) is 14.8 Å². The van der Waals surface area contributed by atoms with E-state index in [2.05, 4.69) is 0 Å². The molecule has 0 heterocycles. The van der Waals surface area contributed by atoms with Crippen LogP contribution < -0.4 is 4.31 Å². The van der Waals surface area contributed by atoms with E-state index in [9.17, 15) is 17.6 Å². The van der Waals surface area contributed by atoms with Gasteiger partial charge < -0.3 is 4.74 Å². The first-order valence-electron chi connectivity index (χ1n) is 5.75. The van der Waals surface area contributed by atoms with Crippen molar-refractivity contribution >= 4 is 21.7 Å². The number of rotatable bonds is 5. The van der Waals surface area contributed by atoms with Crippen molar-refractivity contribution in [3.63, 3.8) is 0 Å². The Kier molecular flexibility index (Phi) is 4.88. The average molecular weight is 289 g/mol. The highest BCUT2D eigenvalue weighted by atomic mass is 32.2. The molecule has 0 N–H and O–H groups in total. The third-order valence-corrected chi connectivity index (χ3v) is 3.67. The zero-order chi connectivity index (χ0) is 14.6. The van der Waals surface area contributed by atoms with Gasteiger partial charge in [-0.05, 0) is 32.0 Å². The fraction of sp³-hybridized carbons (Fsp3) is 0.417. The van der Waals surface area contributed by atoms with Crippen LogP contribution in [0.1, 0.15) is 24.2 Å². The second-order valence-electron chi connectivity index (χ2n) is 3.81. The smallest absolute Gasteiger partial charge is 0.340 e. The lowest BCUT2D eigenvalue weighted by atomic mass is 10.1. The summed E-state index contributed by atoms with van der Waals surface area (Å²) >= 11 is 0. The Morgan fingerprint density at radius 1 is 1.37 bits per heavy atom. The molecule has 106 valence electrons. The van der Waals surface area contributed by atoms with Gasteiger partial charge in [-0.1, -0.05) is 0 Å². The summed E-state index contributed by atoms with van der Waals surface area (Å²) in [5, 5.41) is 0. The summed E-state index contributed by atoms with van der Waals surface area (Å²) in [6.07, 6.45) is 0.996. The van der Waals surface area contributed by atoms with Gasteiger partial charge in [-0.3, -0.25) is 4.31 Å². The highest BCUT2D eigenvalue weighted by Gasteiger charge is 2.23. The molecule has 0 bridgehead atoms. The van der Waals surface area contributed by atoms with Crippen molar-refractivity contribution in [3.05, 3.63) is 29.6 Å². The zero-order valence-corrected chi connectivity index (χ0v) is 11.8. The molecule has 5 nitrogen and oxygen atoms in total. The molecule has 0 saturated carbocycles. The number of nitrogens with zero attached hydrogens (tertiary/aromatic N) is 1. The number of halogens is 1. The van der Waals surface area contributed by atoms with Crippen molar-refractivity contribution in [2.75, 3.05) is 23.7 Å². The maximum absolute atomic E-state index is 13.3. The molecular formula is C12H16FNO4S. The van der Waals surface area contributed by atoms with Crippen molar-refractivity contribution in [1.82, 2.24) is 0 Å². The first kappa shape index (κ1) is 15.4. The molecule has 0 spiro atoms. The maximum Gasteiger partial charge on any atom is 0.340 e. The number of hydrogen-bond acceptors (Lipinski definition) is 4. The van der Waals surface area contributed by atoms with Gasteiger partial charge in [0, 0.05) is 6.54 Å². The highest BCUT2D eigenvalue weighted by molar-refractivity contribution is 7.92. The Hall–Kier alpha value is -1.63. The van der Waals surface area contributed by atoms with Gasteiger partial charge in [0.1, 0.15) is 5.82 Å². The van der Waals surface area contributed by atoms with Gasteiger partial charge >= 0.3 is 5.97 Å². The molecule has 0 unspecified atom stereocenters. The van der Waals surface area contributed by atoms with Gasteiger partial charge in [0.15, 0.2) is 0 Å². The van der Waals surface area contributed by atoms with Crippen LogP contribution in [0.5, 0.6) is 0 Å². The van der Waals surface area contributed by atoms with Crippen LogP contribution in [0.3, 0.4) is 0 Å². The van der Waals surface area contributed by atoms with E-state index in [-0.39, 0.29) is 24.4 Å². The normalized spacial score (nSPS) is 11.2. The summed E-state index contributed by atoms with van der Waals surface area (Å²) < 4.78 is 42.4. The zero-order valence-electron chi connectivity index (χ0n) is 11.0. The molecule has 0 atom stereocenters. The lowest BCUT2D eigenvalue weighted by molar-refractivity contribution is 0.0527.